The molecule has 0 spiro atoms. The van der Waals surface area contributed by atoms with Crippen molar-refractivity contribution in [1.29, 1.82) is 0 Å². The van der Waals surface area contributed by atoms with Crippen LogP contribution in [-0.2, 0) is 16.2 Å². The van der Waals surface area contributed by atoms with Gasteiger partial charge in [0.2, 0.25) is 15.8 Å². The lowest BCUT2D eigenvalue weighted by molar-refractivity contribution is -0.137. The molecule has 0 radical (unpaired) electrons. The number of piperazine rings is 1. The lowest BCUT2D eigenvalue weighted by Gasteiger charge is -2.33. The summed E-state index contributed by atoms with van der Waals surface area (Å²) in [4.78, 5) is 6.27. The molecule has 0 aliphatic carbocycles. The first-order chi connectivity index (χ1) is 17.1. The standard InChI is InChI=1S/C23H24F3N3O5S2/c1-32-19-11-15(12-20(33-2)21(19)34-3)18-14-35-22(27-18)28-7-9-29(10-8-28)36(30,31)17-6-4-5-16(13-17)23(24,25)26/h4-6,11-14H,7-10H2,1-3H3. The lowest BCUT2D eigenvalue weighted by atomic mass is 10.1. The molecular weight excluding hydrogens is 519 g/mol. The van der Waals surface area contributed by atoms with Gasteiger partial charge in [0.25, 0.3) is 0 Å². The fourth-order valence-electron chi connectivity index (χ4n) is 3.87. The summed E-state index contributed by atoms with van der Waals surface area (Å²) in [6.07, 6.45) is -4.62. The number of hydrogen-bond acceptors (Lipinski definition) is 8. The number of anilines is 1. The van der Waals surface area contributed by atoms with E-state index in [4.69, 9.17) is 19.2 Å². The first-order valence-electron chi connectivity index (χ1n) is 10.8. The maximum atomic E-state index is 13.0. The van der Waals surface area contributed by atoms with Crippen LogP contribution in [0.3, 0.4) is 0 Å². The van der Waals surface area contributed by atoms with Crippen LogP contribution in [0.15, 0.2) is 46.7 Å². The van der Waals surface area contributed by atoms with E-state index in [1.165, 1.54) is 43.0 Å². The Labute approximate surface area is 210 Å². The van der Waals surface area contributed by atoms with Crippen molar-refractivity contribution in [1.82, 2.24) is 9.29 Å². The van der Waals surface area contributed by atoms with Crippen molar-refractivity contribution in [2.24, 2.45) is 0 Å². The first-order valence-corrected chi connectivity index (χ1v) is 13.1. The van der Waals surface area contributed by atoms with E-state index in [0.29, 0.717) is 47.2 Å². The minimum Gasteiger partial charge on any atom is -0.493 e. The van der Waals surface area contributed by atoms with Crippen LogP contribution in [0.2, 0.25) is 0 Å². The van der Waals surface area contributed by atoms with Crippen LogP contribution in [-0.4, -0.2) is 65.2 Å². The molecule has 0 bridgehead atoms. The number of aromatic nitrogens is 1. The predicted molar refractivity (Wildman–Crippen MR) is 130 cm³/mol. The van der Waals surface area contributed by atoms with Gasteiger partial charge in [-0.1, -0.05) is 6.07 Å². The Kier molecular flexibility index (Phi) is 7.34. The summed E-state index contributed by atoms with van der Waals surface area (Å²) in [5, 5.41) is 2.58. The van der Waals surface area contributed by atoms with Crippen LogP contribution in [0, 0.1) is 0 Å². The van der Waals surface area contributed by atoms with E-state index in [0.717, 1.165) is 17.7 Å². The molecule has 0 unspecified atom stereocenters. The molecule has 1 aliphatic heterocycles. The fraction of sp³-hybridized carbons (Fsp3) is 0.348. The number of hydrogen-bond donors (Lipinski definition) is 0. The van der Waals surface area contributed by atoms with Gasteiger partial charge in [-0.15, -0.1) is 11.3 Å². The van der Waals surface area contributed by atoms with E-state index in [9.17, 15) is 21.6 Å². The van der Waals surface area contributed by atoms with Crippen molar-refractivity contribution < 1.29 is 35.8 Å². The maximum Gasteiger partial charge on any atom is 0.416 e. The fourth-order valence-corrected chi connectivity index (χ4v) is 6.23. The Morgan fingerprint density at radius 2 is 1.58 bits per heavy atom. The number of rotatable bonds is 7. The summed E-state index contributed by atoms with van der Waals surface area (Å²) < 4.78 is 82.4. The van der Waals surface area contributed by atoms with Gasteiger partial charge < -0.3 is 19.1 Å². The van der Waals surface area contributed by atoms with Crippen molar-refractivity contribution in [3.05, 3.63) is 47.3 Å². The van der Waals surface area contributed by atoms with Gasteiger partial charge in [0.15, 0.2) is 16.6 Å². The molecule has 4 rings (SSSR count). The van der Waals surface area contributed by atoms with Crippen LogP contribution < -0.4 is 19.1 Å². The van der Waals surface area contributed by atoms with Gasteiger partial charge in [-0.2, -0.15) is 17.5 Å². The number of ether oxygens (including phenoxy) is 3. The average molecular weight is 544 g/mol. The number of halogens is 3. The SMILES string of the molecule is COc1cc(-c2csc(N3CCN(S(=O)(=O)c4cccc(C(F)(F)F)c4)CC3)n2)cc(OC)c1OC. The summed E-state index contributed by atoms with van der Waals surface area (Å²) in [6.45, 7) is 0.941. The summed E-state index contributed by atoms with van der Waals surface area (Å²) in [5.74, 6) is 1.46. The highest BCUT2D eigenvalue weighted by Crippen LogP contribution is 2.42. The summed E-state index contributed by atoms with van der Waals surface area (Å²) >= 11 is 1.41. The molecule has 36 heavy (non-hydrogen) atoms. The number of nitrogens with zero attached hydrogens (tertiary/aromatic N) is 3. The van der Waals surface area contributed by atoms with Gasteiger partial charge in [0.1, 0.15) is 0 Å². The zero-order valence-electron chi connectivity index (χ0n) is 19.7. The number of thiazole rings is 1. The van der Waals surface area contributed by atoms with Crippen LogP contribution in [0.5, 0.6) is 17.2 Å². The monoisotopic (exact) mass is 543 g/mol. The third-order valence-electron chi connectivity index (χ3n) is 5.76. The molecule has 1 aromatic heterocycles. The molecule has 1 fully saturated rings. The lowest BCUT2D eigenvalue weighted by Crippen LogP contribution is -2.48. The molecule has 0 saturated carbocycles. The Bertz CT molecular complexity index is 1310. The van der Waals surface area contributed by atoms with Crippen LogP contribution in [0.4, 0.5) is 18.3 Å². The van der Waals surface area contributed by atoms with Crippen LogP contribution in [0.1, 0.15) is 5.56 Å². The number of sulfonamides is 1. The van der Waals surface area contributed by atoms with Crippen molar-refractivity contribution in [3.8, 4) is 28.5 Å². The van der Waals surface area contributed by atoms with Crippen LogP contribution in [0.25, 0.3) is 11.3 Å². The van der Waals surface area contributed by atoms with Gasteiger partial charge in [-0.05, 0) is 30.3 Å². The summed E-state index contributed by atoms with van der Waals surface area (Å²) in [6, 6.07) is 7.39. The molecule has 8 nitrogen and oxygen atoms in total. The minimum absolute atomic E-state index is 0.123. The van der Waals surface area contributed by atoms with Crippen LogP contribution >= 0.6 is 11.3 Å². The third kappa shape index (κ3) is 5.08. The second kappa shape index (κ2) is 10.1. The molecule has 2 aromatic carbocycles. The zero-order chi connectivity index (χ0) is 26.1. The van der Waals surface area contributed by atoms with E-state index in [1.54, 1.807) is 12.1 Å². The molecule has 194 valence electrons. The largest absolute Gasteiger partial charge is 0.493 e. The van der Waals surface area contributed by atoms with Gasteiger partial charge in [0.05, 0.1) is 37.5 Å². The van der Waals surface area contributed by atoms with Gasteiger partial charge in [-0.3, -0.25) is 0 Å². The van der Waals surface area contributed by atoms with E-state index in [1.807, 2.05) is 10.3 Å². The topological polar surface area (TPSA) is 81.2 Å². The van der Waals surface area contributed by atoms with Crippen molar-refractivity contribution in [3.63, 3.8) is 0 Å². The van der Waals surface area contributed by atoms with Gasteiger partial charge >= 0.3 is 6.18 Å². The molecule has 2 heterocycles. The molecule has 1 aliphatic rings. The Morgan fingerprint density at radius 1 is 0.944 bits per heavy atom. The normalized spacial score (nSPS) is 15.1. The van der Waals surface area contributed by atoms with E-state index < -0.39 is 21.8 Å². The predicted octanol–water partition coefficient (Wildman–Crippen LogP) is 4.37. The molecule has 0 N–H and O–H groups in total. The molecular formula is C23H24F3N3O5S2. The van der Waals surface area contributed by atoms with E-state index >= 15 is 0 Å². The van der Waals surface area contributed by atoms with E-state index in [-0.39, 0.29) is 18.0 Å². The van der Waals surface area contributed by atoms with Crippen molar-refractivity contribution in [2.75, 3.05) is 52.4 Å². The average Bonchev–Trinajstić information content (AvgIpc) is 3.38. The molecule has 0 amide bonds. The Hall–Kier alpha value is -3.03. The Morgan fingerprint density at radius 3 is 2.14 bits per heavy atom. The quantitative estimate of drug-likeness (QED) is 0.438. The van der Waals surface area contributed by atoms with E-state index in [2.05, 4.69) is 0 Å². The summed E-state index contributed by atoms with van der Waals surface area (Å²) in [7, 11) is 0.518. The second-order valence-corrected chi connectivity index (χ2v) is 10.6. The maximum absolute atomic E-state index is 13.0. The van der Waals surface area contributed by atoms with Gasteiger partial charge in [0, 0.05) is 37.1 Å². The zero-order valence-corrected chi connectivity index (χ0v) is 21.3. The highest BCUT2D eigenvalue weighted by Gasteiger charge is 2.34. The molecule has 3 aromatic rings. The number of alkyl halides is 3. The number of benzene rings is 2. The Balaban J connectivity index is 1.49. The summed E-state index contributed by atoms with van der Waals surface area (Å²) in [5.41, 5.74) is 0.454. The highest BCUT2D eigenvalue weighted by atomic mass is 32.2. The molecule has 13 heteroatoms. The molecule has 0 atom stereocenters. The van der Waals surface area contributed by atoms with Crippen molar-refractivity contribution in [2.45, 2.75) is 11.1 Å². The highest BCUT2D eigenvalue weighted by molar-refractivity contribution is 7.89. The van der Waals surface area contributed by atoms with Crippen molar-refractivity contribution >= 4 is 26.5 Å². The second-order valence-electron chi connectivity index (χ2n) is 7.85. The smallest absolute Gasteiger partial charge is 0.416 e. The molecule has 1 saturated heterocycles. The first kappa shape index (κ1) is 26.0. The number of methoxy groups -OCH3 is 3. The minimum atomic E-state index is -4.62. The van der Waals surface area contributed by atoms with Gasteiger partial charge in [-0.25, -0.2) is 13.4 Å². The third-order valence-corrected chi connectivity index (χ3v) is 8.56.